The van der Waals surface area contributed by atoms with Crippen molar-refractivity contribution in [1.82, 2.24) is 15.3 Å². The lowest BCUT2D eigenvalue weighted by molar-refractivity contribution is -0.123. The van der Waals surface area contributed by atoms with Crippen LogP contribution in [0.1, 0.15) is 40.9 Å². The third-order valence-electron chi connectivity index (χ3n) is 6.05. The molecule has 0 aliphatic rings. The number of fused-ring (bicyclic) bond motifs is 1. The second-order valence-corrected chi connectivity index (χ2v) is 10.1. The molecule has 1 atom stereocenters. The van der Waals surface area contributed by atoms with Crippen LogP contribution in [0.3, 0.4) is 0 Å². The lowest BCUT2D eigenvalue weighted by atomic mass is 10.0. The first kappa shape index (κ1) is 26.5. The number of nitrogens with zero attached hydrogens (tertiary/aromatic N) is 2. The Balaban J connectivity index is 1.48. The van der Waals surface area contributed by atoms with Gasteiger partial charge in [-0.15, -0.1) is 0 Å². The molecule has 8 heteroatoms. The van der Waals surface area contributed by atoms with Gasteiger partial charge < -0.3 is 9.88 Å². The quantitative estimate of drug-likeness (QED) is 0.208. The molecule has 1 aromatic heterocycles. The van der Waals surface area contributed by atoms with Crippen LogP contribution in [0.4, 0.5) is 0 Å². The summed E-state index contributed by atoms with van der Waals surface area (Å²) in [6, 6.07) is 20.3. The standard InChI is InChI=1S/C29H28Cl2N4O2/c1-18(2)27(33-28(36)21-11-12-24(30)25(31)14-21)29(37)34-32-15-22-17-35(26-10-5-4-9-23(22)26)16-20-8-6-7-19(3)13-20/h4-15,17-18,27H,16H2,1-3H3,(H,33,36)(H,34,37)/b32-15-. The van der Waals surface area contributed by atoms with Gasteiger partial charge in [-0.1, -0.05) is 85.1 Å². The zero-order valence-corrected chi connectivity index (χ0v) is 22.3. The van der Waals surface area contributed by atoms with Gasteiger partial charge in [0.2, 0.25) is 0 Å². The fraction of sp³-hybridized carbons (Fsp3) is 0.207. The first-order valence-corrected chi connectivity index (χ1v) is 12.7. The fourth-order valence-corrected chi connectivity index (χ4v) is 4.45. The highest BCUT2D eigenvalue weighted by atomic mass is 35.5. The number of hydrogen-bond acceptors (Lipinski definition) is 3. The summed E-state index contributed by atoms with van der Waals surface area (Å²) in [5.74, 6) is -1.00. The maximum absolute atomic E-state index is 12.9. The average Bonchev–Trinajstić information content (AvgIpc) is 3.21. The number of nitrogens with one attached hydrogen (secondary N) is 2. The zero-order valence-electron chi connectivity index (χ0n) is 20.8. The molecule has 1 unspecified atom stereocenters. The number of hydrazone groups is 1. The van der Waals surface area contributed by atoms with E-state index in [9.17, 15) is 9.59 Å². The summed E-state index contributed by atoms with van der Waals surface area (Å²) in [6.07, 6.45) is 3.65. The average molecular weight is 535 g/mol. The van der Waals surface area contributed by atoms with Crippen LogP contribution in [-0.4, -0.2) is 28.6 Å². The molecule has 2 N–H and O–H groups in total. The van der Waals surface area contributed by atoms with Crippen molar-refractivity contribution in [3.05, 3.63) is 105 Å². The highest BCUT2D eigenvalue weighted by Gasteiger charge is 2.25. The van der Waals surface area contributed by atoms with E-state index in [2.05, 4.69) is 57.7 Å². The van der Waals surface area contributed by atoms with Gasteiger partial charge in [-0.2, -0.15) is 5.10 Å². The van der Waals surface area contributed by atoms with Crippen LogP contribution in [0.15, 0.2) is 78.0 Å². The third-order valence-corrected chi connectivity index (χ3v) is 6.79. The number of aryl methyl sites for hydroxylation is 1. The Kier molecular flexibility index (Phi) is 8.31. The van der Waals surface area contributed by atoms with E-state index in [1.54, 1.807) is 18.3 Å². The molecule has 0 aliphatic heterocycles. The van der Waals surface area contributed by atoms with Crippen molar-refractivity contribution in [3.8, 4) is 0 Å². The molecule has 0 saturated carbocycles. The molecule has 0 fully saturated rings. The highest BCUT2D eigenvalue weighted by Crippen LogP contribution is 2.23. The van der Waals surface area contributed by atoms with Crippen molar-refractivity contribution in [1.29, 1.82) is 0 Å². The van der Waals surface area contributed by atoms with Crippen LogP contribution >= 0.6 is 23.2 Å². The lowest BCUT2D eigenvalue weighted by Gasteiger charge is -2.20. The van der Waals surface area contributed by atoms with E-state index in [1.807, 2.05) is 38.2 Å². The maximum atomic E-state index is 12.9. The van der Waals surface area contributed by atoms with Gasteiger partial charge in [0.15, 0.2) is 0 Å². The number of aromatic nitrogens is 1. The maximum Gasteiger partial charge on any atom is 0.262 e. The minimum Gasteiger partial charge on any atom is -0.342 e. The molecule has 190 valence electrons. The number of rotatable bonds is 8. The van der Waals surface area contributed by atoms with Crippen LogP contribution in [0.25, 0.3) is 10.9 Å². The monoisotopic (exact) mass is 534 g/mol. The van der Waals surface area contributed by atoms with Gasteiger partial charge in [0.25, 0.3) is 11.8 Å². The molecule has 4 aromatic rings. The smallest absolute Gasteiger partial charge is 0.262 e. The van der Waals surface area contributed by atoms with E-state index in [0.29, 0.717) is 10.6 Å². The summed E-state index contributed by atoms with van der Waals surface area (Å²) in [7, 11) is 0. The Labute approximate surface area is 226 Å². The molecule has 4 rings (SSSR count). The first-order valence-electron chi connectivity index (χ1n) is 11.9. The molecule has 0 bridgehead atoms. The molecule has 1 heterocycles. The Morgan fingerprint density at radius 2 is 1.78 bits per heavy atom. The Bertz CT molecular complexity index is 1480. The van der Waals surface area contributed by atoms with Crippen LogP contribution in [-0.2, 0) is 11.3 Å². The Hall–Kier alpha value is -3.61. The van der Waals surface area contributed by atoms with Crippen molar-refractivity contribution < 1.29 is 9.59 Å². The SMILES string of the molecule is Cc1cccc(Cn2cc(/C=N\NC(=O)C(NC(=O)c3ccc(Cl)c(Cl)c3)C(C)C)c3ccccc32)c1. The largest absolute Gasteiger partial charge is 0.342 e. The van der Waals surface area contributed by atoms with Crippen molar-refractivity contribution in [2.75, 3.05) is 0 Å². The summed E-state index contributed by atoms with van der Waals surface area (Å²) in [4.78, 5) is 25.6. The predicted octanol–water partition coefficient (Wildman–Crippen LogP) is 6.21. The minimum atomic E-state index is -0.790. The fourth-order valence-electron chi connectivity index (χ4n) is 4.15. The number of halogens is 2. The number of amides is 2. The molecule has 0 aliphatic carbocycles. The molecule has 0 radical (unpaired) electrons. The number of carbonyl (C=O) groups excluding carboxylic acids is 2. The van der Waals surface area contributed by atoms with Crippen molar-refractivity contribution in [3.63, 3.8) is 0 Å². The normalized spacial score (nSPS) is 12.3. The van der Waals surface area contributed by atoms with E-state index < -0.39 is 17.9 Å². The van der Waals surface area contributed by atoms with Crippen molar-refractivity contribution in [2.24, 2.45) is 11.0 Å². The summed E-state index contributed by atoms with van der Waals surface area (Å²) in [6.45, 7) is 6.50. The van der Waals surface area contributed by atoms with E-state index in [4.69, 9.17) is 23.2 Å². The van der Waals surface area contributed by atoms with E-state index in [0.717, 1.165) is 23.0 Å². The van der Waals surface area contributed by atoms with Gasteiger partial charge in [0.05, 0.1) is 16.3 Å². The number of benzene rings is 3. The van der Waals surface area contributed by atoms with E-state index in [-0.39, 0.29) is 10.9 Å². The molecule has 3 aromatic carbocycles. The molecule has 0 saturated heterocycles. The van der Waals surface area contributed by atoms with Gasteiger partial charge >= 0.3 is 0 Å². The van der Waals surface area contributed by atoms with Gasteiger partial charge in [0.1, 0.15) is 6.04 Å². The summed E-state index contributed by atoms with van der Waals surface area (Å²) >= 11 is 12.0. The molecule has 37 heavy (non-hydrogen) atoms. The number of para-hydroxylation sites is 1. The number of hydrogen-bond donors (Lipinski definition) is 2. The number of carbonyl (C=O) groups is 2. The van der Waals surface area contributed by atoms with Crippen LogP contribution in [0.2, 0.25) is 10.0 Å². The molecular formula is C29H28Cl2N4O2. The van der Waals surface area contributed by atoms with E-state index in [1.165, 1.54) is 17.2 Å². The Morgan fingerprint density at radius 3 is 2.51 bits per heavy atom. The third kappa shape index (κ3) is 6.40. The second kappa shape index (κ2) is 11.6. The van der Waals surface area contributed by atoms with E-state index >= 15 is 0 Å². The van der Waals surface area contributed by atoms with Crippen molar-refractivity contribution >= 4 is 52.1 Å². The first-order chi connectivity index (χ1) is 17.7. The molecular weight excluding hydrogens is 507 g/mol. The molecule has 2 amide bonds. The van der Waals surface area contributed by atoms with Crippen LogP contribution in [0, 0.1) is 12.8 Å². The van der Waals surface area contributed by atoms with Gasteiger partial charge in [-0.05, 0) is 42.7 Å². The van der Waals surface area contributed by atoms with Crippen molar-refractivity contribution in [2.45, 2.75) is 33.4 Å². The van der Waals surface area contributed by atoms with Crippen LogP contribution < -0.4 is 10.7 Å². The molecule has 6 nitrogen and oxygen atoms in total. The van der Waals surface area contributed by atoms with Gasteiger partial charge in [-0.25, -0.2) is 5.43 Å². The van der Waals surface area contributed by atoms with Crippen LogP contribution in [0.5, 0.6) is 0 Å². The zero-order chi connectivity index (χ0) is 26.5. The lowest BCUT2D eigenvalue weighted by Crippen LogP contribution is -2.48. The summed E-state index contributed by atoms with van der Waals surface area (Å²) in [5.41, 5.74) is 7.27. The summed E-state index contributed by atoms with van der Waals surface area (Å²) < 4.78 is 2.17. The van der Waals surface area contributed by atoms with Gasteiger partial charge in [0, 0.05) is 34.8 Å². The molecule has 0 spiro atoms. The Morgan fingerprint density at radius 1 is 1.00 bits per heavy atom. The summed E-state index contributed by atoms with van der Waals surface area (Å²) in [5, 5.41) is 8.62. The highest BCUT2D eigenvalue weighted by molar-refractivity contribution is 6.42. The second-order valence-electron chi connectivity index (χ2n) is 9.28. The minimum absolute atomic E-state index is 0.168. The van der Waals surface area contributed by atoms with Gasteiger partial charge in [-0.3, -0.25) is 9.59 Å². The predicted molar refractivity (Wildman–Crippen MR) is 151 cm³/mol. The topological polar surface area (TPSA) is 75.5 Å².